The predicted octanol–water partition coefficient (Wildman–Crippen LogP) is 2.75. The van der Waals surface area contributed by atoms with E-state index >= 15 is 0 Å². The van der Waals surface area contributed by atoms with E-state index in [1.165, 1.54) is 13.2 Å². The highest BCUT2D eigenvalue weighted by molar-refractivity contribution is 6.35. The maximum atomic E-state index is 11.2. The zero-order chi connectivity index (χ0) is 15.9. The Morgan fingerprint density at radius 3 is 2.82 bits per heavy atom. The first-order chi connectivity index (χ1) is 10.4. The average Bonchev–Trinajstić information content (AvgIpc) is 2.80. The van der Waals surface area contributed by atoms with Crippen molar-refractivity contribution >= 4 is 34.7 Å². The predicted molar refractivity (Wildman–Crippen MR) is 86.5 cm³/mol. The Morgan fingerprint density at radius 1 is 1.50 bits per heavy atom. The van der Waals surface area contributed by atoms with Gasteiger partial charge in [0.15, 0.2) is 0 Å². The first-order valence-electron chi connectivity index (χ1n) is 7.16. The number of imidazole rings is 1. The molecule has 1 fully saturated rings. The standard InChI is InChI=1S/C16H18ClN3O2/c1-20-12-9-10(4-5-13(21)22-2)8-11(17)14(12)19-15(20)16(18)6-3-7-16/h4-5,8-9H,3,6-7,18H2,1-2H3. The Balaban J connectivity index is 2.08. The second kappa shape index (κ2) is 5.41. The number of esters is 1. The van der Waals surface area contributed by atoms with Crippen LogP contribution in [-0.2, 0) is 22.1 Å². The Bertz CT molecular complexity index is 775. The molecule has 0 spiro atoms. The van der Waals surface area contributed by atoms with E-state index in [-0.39, 0.29) is 5.54 Å². The Labute approximate surface area is 133 Å². The fraction of sp³-hybridized carbons (Fsp3) is 0.375. The van der Waals surface area contributed by atoms with Crippen LogP contribution < -0.4 is 5.73 Å². The fourth-order valence-corrected chi connectivity index (χ4v) is 3.09. The molecule has 0 aliphatic heterocycles. The summed E-state index contributed by atoms with van der Waals surface area (Å²) >= 11 is 6.34. The largest absolute Gasteiger partial charge is 0.466 e. The highest BCUT2D eigenvalue weighted by Gasteiger charge is 2.38. The summed E-state index contributed by atoms with van der Waals surface area (Å²) in [5.41, 5.74) is 8.51. The summed E-state index contributed by atoms with van der Waals surface area (Å²) in [5, 5.41) is 0.548. The minimum Gasteiger partial charge on any atom is -0.466 e. The molecule has 1 heterocycles. The number of halogens is 1. The topological polar surface area (TPSA) is 70.1 Å². The summed E-state index contributed by atoms with van der Waals surface area (Å²) in [6.45, 7) is 0. The number of ether oxygens (including phenoxy) is 1. The van der Waals surface area contributed by atoms with E-state index in [2.05, 4.69) is 9.72 Å². The molecule has 5 nitrogen and oxygen atoms in total. The van der Waals surface area contributed by atoms with E-state index < -0.39 is 5.97 Å². The third-order valence-electron chi connectivity index (χ3n) is 4.27. The van der Waals surface area contributed by atoms with Gasteiger partial charge < -0.3 is 15.0 Å². The van der Waals surface area contributed by atoms with Gasteiger partial charge in [-0.2, -0.15) is 0 Å². The molecule has 0 saturated heterocycles. The molecule has 116 valence electrons. The lowest BCUT2D eigenvalue weighted by Crippen LogP contribution is -2.45. The summed E-state index contributed by atoms with van der Waals surface area (Å²) in [6, 6.07) is 3.73. The smallest absolute Gasteiger partial charge is 0.330 e. The number of benzene rings is 1. The summed E-state index contributed by atoms with van der Waals surface area (Å²) in [6.07, 6.45) is 6.05. The maximum absolute atomic E-state index is 11.2. The van der Waals surface area contributed by atoms with E-state index in [0.29, 0.717) is 5.02 Å². The molecular formula is C16H18ClN3O2. The van der Waals surface area contributed by atoms with Gasteiger partial charge in [-0.15, -0.1) is 0 Å². The SMILES string of the molecule is COC(=O)C=Cc1cc(Cl)c2nc(C3(N)CCC3)n(C)c2c1. The summed E-state index contributed by atoms with van der Waals surface area (Å²) < 4.78 is 6.59. The van der Waals surface area contributed by atoms with E-state index in [1.54, 1.807) is 12.1 Å². The first-order valence-corrected chi connectivity index (χ1v) is 7.54. The highest BCUT2D eigenvalue weighted by Crippen LogP contribution is 2.40. The van der Waals surface area contributed by atoms with Gasteiger partial charge in [0.05, 0.1) is 23.2 Å². The molecule has 6 heteroatoms. The molecule has 1 aromatic carbocycles. The number of methoxy groups -OCH3 is 1. The molecule has 2 N–H and O–H groups in total. The van der Waals surface area contributed by atoms with Gasteiger partial charge in [0.1, 0.15) is 11.3 Å². The van der Waals surface area contributed by atoms with Crippen LogP contribution in [0.2, 0.25) is 5.02 Å². The third-order valence-corrected chi connectivity index (χ3v) is 4.55. The van der Waals surface area contributed by atoms with Crippen LogP contribution in [0.3, 0.4) is 0 Å². The highest BCUT2D eigenvalue weighted by atomic mass is 35.5. The van der Waals surface area contributed by atoms with Crippen LogP contribution in [0, 0.1) is 0 Å². The third kappa shape index (κ3) is 2.40. The van der Waals surface area contributed by atoms with Crippen molar-refractivity contribution in [3.05, 3.63) is 34.6 Å². The van der Waals surface area contributed by atoms with Gasteiger partial charge >= 0.3 is 5.97 Å². The van der Waals surface area contributed by atoms with Gasteiger partial charge in [-0.25, -0.2) is 9.78 Å². The van der Waals surface area contributed by atoms with Crippen molar-refractivity contribution in [3.8, 4) is 0 Å². The van der Waals surface area contributed by atoms with Crippen molar-refractivity contribution in [3.63, 3.8) is 0 Å². The monoisotopic (exact) mass is 319 g/mol. The molecule has 22 heavy (non-hydrogen) atoms. The second-order valence-electron chi connectivity index (χ2n) is 5.73. The van der Waals surface area contributed by atoms with Crippen LogP contribution >= 0.6 is 11.6 Å². The lowest BCUT2D eigenvalue weighted by atomic mass is 9.77. The van der Waals surface area contributed by atoms with Crippen molar-refractivity contribution in [2.75, 3.05) is 7.11 Å². The molecule has 0 amide bonds. The van der Waals surface area contributed by atoms with Gasteiger partial charge in [-0.1, -0.05) is 11.6 Å². The van der Waals surface area contributed by atoms with E-state index in [4.69, 9.17) is 17.3 Å². The van der Waals surface area contributed by atoms with Crippen LogP contribution in [0.25, 0.3) is 17.1 Å². The Hall–Kier alpha value is -1.85. The molecule has 0 bridgehead atoms. The maximum Gasteiger partial charge on any atom is 0.330 e. The van der Waals surface area contributed by atoms with E-state index in [9.17, 15) is 4.79 Å². The number of aryl methyl sites for hydroxylation is 1. The fourth-order valence-electron chi connectivity index (χ4n) is 2.82. The average molecular weight is 320 g/mol. The summed E-state index contributed by atoms with van der Waals surface area (Å²) in [7, 11) is 3.29. The molecule has 3 rings (SSSR count). The van der Waals surface area contributed by atoms with Crippen LogP contribution in [0.4, 0.5) is 0 Å². The number of hydrogen-bond acceptors (Lipinski definition) is 4. The van der Waals surface area contributed by atoms with Crippen molar-refractivity contribution < 1.29 is 9.53 Å². The van der Waals surface area contributed by atoms with Gasteiger partial charge in [0, 0.05) is 13.1 Å². The number of fused-ring (bicyclic) bond motifs is 1. The minimum atomic E-state index is -0.405. The molecule has 1 saturated carbocycles. The normalized spacial score (nSPS) is 16.9. The van der Waals surface area contributed by atoms with Crippen LogP contribution in [0.5, 0.6) is 0 Å². The first kappa shape index (κ1) is 15.1. The Kier molecular flexibility index (Phi) is 3.70. The Morgan fingerprint density at radius 2 is 2.23 bits per heavy atom. The number of hydrogen-bond donors (Lipinski definition) is 1. The van der Waals surface area contributed by atoms with Crippen molar-refractivity contribution in [2.45, 2.75) is 24.8 Å². The number of carbonyl (C=O) groups is 1. The summed E-state index contributed by atoms with van der Waals surface area (Å²) in [5.74, 6) is 0.460. The number of nitrogens with zero attached hydrogens (tertiary/aromatic N) is 2. The van der Waals surface area contributed by atoms with E-state index in [1.807, 2.05) is 17.7 Å². The van der Waals surface area contributed by atoms with Gasteiger partial charge in [-0.3, -0.25) is 0 Å². The molecule has 0 radical (unpaired) electrons. The molecule has 0 unspecified atom stereocenters. The van der Waals surface area contributed by atoms with Crippen LogP contribution in [0.1, 0.15) is 30.7 Å². The zero-order valence-electron chi connectivity index (χ0n) is 12.6. The number of nitrogens with two attached hydrogens (primary N) is 1. The molecule has 1 aromatic heterocycles. The van der Waals surface area contributed by atoms with Crippen LogP contribution in [-0.4, -0.2) is 22.6 Å². The van der Waals surface area contributed by atoms with Crippen LogP contribution in [0.15, 0.2) is 18.2 Å². The van der Waals surface area contributed by atoms with Gasteiger partial charge in [-0.05, 0) is 43.0 Å². The molecular weight excluding hydrogens is 302 g/mol. The minimum absolute atomic E-state index is 0.348. The van der Waals surface area contributed by atoms with Crippen molar-refractivity contribution in [1.82, 2.24) is 9.55 Å². The van der Waals surface area contributed by atoms with Crippen molar-refractivity contribution in [1.29, 1.82) is 0 Å². The number of carbonyl (C=O) groups excluding carboxylic acids is 1. The van der Waals surface area contributed by atoms with E-state index in [0.717, 1.165) is 41.7 Å². The second-order valence-corrected chi connectivity index (χ2v) is 6.14. The number of aromatic nitrogens is 2. The zero-order valence-corrected chi connectivity index (χ0v) is 13.4. The molecule has 2 aromatic rings. The quantitative estimate of drug-likeness (QED) is 0.697. The number of rotatable bonds is 3. The lowest BCUT2D eigenvalue weighted by Gasteiger charge is -2.37. The lowest BCUT2D eigenvalue weighted by molar-refractivity contribution is -0.134. The van der Waals surface area contributed by atoms with Gasteiger partial charge in [0.25, 0.3) is 0 Å². The summed E-state index contributed by atoms with van der Waals surface area (Å²) in [4.78, 5) is 15.9. The molecule has 1 aliphatic rings. The van der Waals surface area contributed by atoms with Crippen molar-refractivity contribution in [2.24, 2.45) is 12.8 Å². The van der Waals surface area contributed by atoms with Gasteiger partial charge in [0.2, 0.25) is 0 Å². The molecule has 1 aliphatic carbocycles. The molecule has 0 atom stereocenters.